The number of hydrogen-bond donors (Lipinski definition) is 2. The third kappa shape index (κ3) is 2.88. The Kier molecular flexibility index (Phi) is 3.96. The van der Waals surface area contributed by atoms with Gasteiger partial charge in [-0.1, -0.05) is 23.7 Å². The van der Waals surface area contributed by atoms with Crippen molar-refractivity contribution >= 4 is 30.0 Å². The summed E-state index contributed by atoms with van der Waals surface area (Å²) in [5, 5.41) is 12.1. The topological polar surface area (TPSA) is 61.8 Å². The van der Waals surface area contributed by atoms with Gasteiger partial charge >= 0.3 is 0 Å². The van der Waals surface area contributed by atoms with Crippen molar-refractivity contribution in [2.75, 3.05) is 0 Å². The van der Waals surface area contributed by atoms with E-state index in [1.165, 1.54) is 0 Å². The zero-order chi connectivity index (χ0) is 15.7. The summed E-state index contributed by atoms with van der Waals surface area (Å²) in [6.45, 7) is 4.01. The number of nitrogens with one attached hydrogen (secondary N) is 2. The quantitative estimate of drug-likeness (QED) is 0.561. The Morgan fingerprint density at radius 1 is 1.32 bits per heavy atom. The Balaban J connectivity index is 2.03. The summed E-state index contributed by atoms with van der Waals surface area (Å²) in [5.74, 6) is 0.619. The van der Waals surface area contributed by atoms with Crippen LogP contribution in [0.1, 0.15) is 17.0 Å². The van der Waals surface area contributed by atoms with Crippen molar-refractivity contribution in [3.8, 4) is 11.4 Å². The van der Waals surface area contributed by atoms with Gasteiger partial charge in [0.25, 0.3) is 0 Å². The van der Waals surface area contributed by atoms with Crippen molar-refractivity contribution in [1.82, 2.24) is 19.9 Å². The molecule has 0 fully saturated rings. The Hall–Kier alpha value is -2.18. The average Bonchev–Trinajstić information content (AvgIpc) is 2.99. The lowest BCUT2D eigenvalue weighted by Crippen LogP contribution is -1.95. The Morgan fingerprint density at radius 3 is 2.82 bits per heavy atom. The Morgan fingerprint density at radius 2 is 2.14 bits per heavy atom. The van der Waals surface area contributed by atoms with Gasteiger partial charge in [0, 0.05) is 27.5 Å². The van der Waals surface area contributed by atoms with Crippen LogP contribution in [-0.2, 0) is 0 Å². The predicted octanol–water partition coefficient (Wildman–Crippen LogP) is 4.09. The molecule has 112 valence electrons. The van der Waals surface area contributed by atoms with Gasteiger partial charge in [-0.15, -0.1) is 0 Å². The summed E-state index contributed by atoms with van der Waals surface area (Å²) in [6.07, 6.45) is 1.76. The summed E-state index contributed by atoms with van der Waals surface area (Å²) >= 11 is 11.3. The minimum Gasteiger partial charge on any atom is -0.362 e. The van der Waals surface area contributed by atoms with E-state index in [2.05, 4.69) is 20.3 Å². The van der Waals surface area contributed by atoms with E-state index >= 15 is 0 Å². The molecule has 5 nitrogen and oxygen atoms in total. The van der Waals surface area contributed by atoms with Crippen LogP contribution < -0.4 is 0 Å². The first kappa shape index (κ1) is 14.7. The minimum atomic E-state index is 0.427. The third-order valence-corrected chi connectivity index (χ3v) is 3.73. The standard InChI is InChI=1S/C15H14ClN5S/c1-9-6-12(10(2)18-9)8-17-21-14(19-20-15(21)22)11-4-3-5-13(16)7-11/h3-8,18H,1-2H3,(H,20,22)/b17-8+. The predicted molar refractivity (Wildman–Crippen MR) is 91.1 cm³/mol. The molecule has 0 radical (unpaired) electrons. The van der Waals surface area contributed by atoms with Crippen LogP contribution in [-0.4, -0.2) is 26.1 Å². The first-order valence-corrected chi connectivity index (χ1v) is 7.47. The van der Waals surface area contributed by atoms with Crippen molar-refractivity contribution in [2.24, 2.45) is 5.10 Å². The monoisotopic (exact) mass is 331 g/mol. The summed E-state index contributed by atoms with van der Waals surface area (Å²) < 4.78 is 2.01. The zero-order valence-electron chi connectivity index (χ0n) is 12.1. The molecule has 0 aliphatic heterocycles. The fourth-order valence-electron chi connectivity index (χ4n) is 2.21. The smallest absolute Gasteiger partial charge is 0.216 e. The van der Waals surface area contributed by atoms with Crippen LogP contribution in [0.25, 0.3) is 11.4 Å². The summed E-state index contributed by atoms with van der Waals surface area (Å²) in [5.41, 5.74) is 4.00. The molecule has 0 spiro atoms. The molecule has 0 aliphatic rings. The number of aromatic nitrogens is 4. The fourth-order valence-corrected chi connectivity index (χ4v) is 2.58. The molecule has 0 saturated carbocycles. The summed E-state index contributed by atoms with van der Waals surface area (Å²) in [6, 6.07) is 9.44. The maximum Gasteiger partial charge on any atom is 0.216 e. The molecule has 0 bridgehead atoms. The zero-order valence-corrected chi connectivity index (χ0v) is 13.7. The number of H-pyrrole nitrogens is 2. The lowest BCUT2D eigenvalue weighted by Gasteiger charge is -2.01. The molecule has 0 aliphatic carbocycles. The summed E-state index contributed by atoms with van der Waals surface area (Å²) in [7, 11) is 0. The molecule has 0 saturated heterocycles. The van der Waals surface area contributed by atoms with Gasteiger partial charge in [0.1, 0.15) is 0 Å². The highest BCUT2D eigenvalue weighted by Crippen LogP contribution is 2.21. The number of aromatic amines is 2. The molecule has 0 atom stereocenters. The van der Waals surface area contributed by atoms with Crippen LogP contribution in [0.15, 0.2) is 35.4 Å². The Bertz CT molecular complexity index is 903. The van der Waals surface area contributed by atoms with Crippen molar-refractivity contribution in [1.29, 1.82) is 0 Å². The van der Waals surface area contributed by atoms with E-state index in [-0.39, 0.29) is 0 Å². The van der Waals surface area contributed by atoms with Crippen molar-refractivity contribution < 1.29 is 0 Å². The molecule has 2 heterocycles. The molecule has 22 heavy (non-hydrogen) atoms. The van der Waals surface area contributed by atoms with Crippen molar-refractivity contribution in [2.45, 2.75) is 13.8 Å². The molecule has 1 aromatic carbocycles. The molecule has 3 aromatic rings. The molecule has 3 rings (SSSR count). The van der Waals surface area contributed by atoms with E-state index in [1.54, 1.807) is 10.9 Å². The van der Waals surface area contributed by atoms with E-state index in [0.717, 1.165) is 22.5 Å². The van der Waals surface area contributed by atoms with Gasteiger partial charge in [-0.25, -0.2) is 5.10 Å². The third-order valence-electron chi connectivity index (χ3n) is 3.24. The van der Waals surface area contributed by atoms with E-state index in [9.17, 15) is 0 Å². The van der Waals surface area contributed by atoms with E-state index in [0.29, 0.717) is 15.6 Å². The van der Waals surface area contributed by atoms with Crippen molar-refractivity contribution in [3.63, 3.8) is 0 Å². The number of aryl methyl sites for hydroxylation is 2. The van der Waals surface area contributed by atoms with Crippen LogP contribution in [0.3, 0.4) is 0 Å². The molecule has 2 N–H and O–H groups in total. The Labute approximate surface area is 137 Å². The number of rotatable bonds is 3. The molecular formula is C15H14ClN5S. The minimum absolute atomic E-state index is 0.427. The lowest BCUT2D eigenvalue weighted by molar-refractivity contribution is 0.871. The molecule has 7 heteroatoms. The van der Waals surface area contributed by atoms with Gasteiger partial charge in [0.15, 0.2) is 5.82 Å². The molecule has 0 unspecified atom stereocenters. The highest BCUT2D eigenvalue weighted by molar-refractivity contribution is 7.71. The molecule has 2 aromatic heterocycles. The number of hydrogen-bond acceptors (Lipinski definition) is 3. The number of nitrogens with zero attached hydrogens (tertiary/aromatic N) is 3. The van der Waals surface area contributed by atoms with Crippen LogP contribution >= 0.6 is 23.8 Å². The fraction of sp³-hybridized carbons (Fsp3) is 0.133. The van der Waals surface area contributed by atoms with Gasteiger partial charge < -0.3 is 4.98 Å². The first-order valence-electron chi connectivity index (χ1n) is 6.68. The maximum absolute atomic E-state index is 6.03. The SMILES string of the molecule is Cc1cc(/C=N/n2c(-c3cccc(Cl)c3)n[nH]c2=S)c(C)[nH]1. The second-order valence-electron chi connectivity index (χ2n) is 4.95. The first-order chi connectivity index (χ1) is 10.5. The highest BCUT2D eigenvalue weighted by Gasteiger charge is 2.08. The van der Waals surface area contributed by atoms with Gasteiger partial charge in [0.05, 0.1) is 6.21 Å². The maximum atomic E-state index is 6.03. The van der Waals surface area contributed by atoms with E-state index in [1.807, 2.05) is 44.2 Å². The normalized spacial score (nSPS) is 11.4. The van der Waals surface area contributed by atoms with Crippen LogP contribution in [0.4, 0.5) is 0 Å². The second kappa shape index (κ2) is 5.90. The van der Waals surface area contributed by atoms with Crippen LogP contribution in [0.2, 0.25) is 5.02 Å². The highest BCUT2D eigenvalue weighted by atomic mass is 35.5. The largest absolute Gasteiger partial charge is 0.362 e. The van der Waals surface area contributed by atoms with E-state index in [4.69, 9.17) is 23.8 Å². The molecular weight excluding hydrogens is 318 g/mol. The van der Waals surface area contributed by atoms with Gasteiger partial charge in [-0.05, 0) is 44.3 Å². The van der Waals surface area contributed by atoms with Gasteiger partial charge in [-0.3, -0.25) is 0 Å². The lowest BCUT2D eigenvalue weighted by atomic mass is 10.2. The van der Waals surface area contributed by atoms with Crippen molar-refractivity contribution in [3.05, 3.63) is 57.1 Å². The molecule has 0 amide bonds. The number of benzene rings is 1. The second-order valence-corrected chi connectivity index (χ2v) is 5.77. The number of halogens is 1. The van der Waals surface area contributed by atoms with Gasteiger partial charge in [-0.2, -0.15) is 14.9 Å². The van der Waals surface area contributed by atoms with Gasteiger partial charge in [0.2, 0.25) is 4.77 Å². The average molecular weight is 332 g/mol. The van der Waals surface area contributed by atoms with Crippen LogP contribution in [0, 0.1) is 18.6 Å². The van der Waals surface area contributed by atoms with E-state index < -0.39 is 0 Å². The summed E-state index contributed by atoms with van der Waals surface area (Å²) in [4.78, 5) is 3.24. The van der Waals surface area contributed by atoms with Crippen LogP contribution in [0.5, 0.6) is 0 Å².